The summed E-state index contributed by atoms with van der Waals surface area (Å²) in [5, 5.41) is 21.9. The molecular formula is C17H16N2O3. The molecule has 1 aliphatic carbocycles. The lowest BCUT2D eigenvalue weighted by Gasteiger charge is -2.07. The molecule has 2 rings (SSSR count). The standard InChI is InChI=1S/C17H16N2O3/c18-10-9-16(14-7-4-8-15(11-14)17(20)21)19-22-12-13-5-2-1-3-6-13/h2,4-8,11H,1,3,9,12H2,(H,20,21)/b19-16+. The molecule has 0 fully saturated rings. The molecule has 0 aliphatic heterocycles. The van der Waals surface area contributed by atoms with E-state index >= 15 is 0 Å². The summed E-state index contributed by atoms with van der Waals surface area (Å²) in [6.07, 6.45) is 8.24. The summed E-state index contributed by atoms with van der Waals surface area (Å²) in [5.41, 5.74) is 2.20. The predicted molar refractivity (Wildman–Crippen MR) is 82.6 cm³/mol. The van der Waals surface area contributed by atoms with E-state index < -0.39 is 5.97 Å². The van der Waals surface area contributed by atoms with Crippen molar-refractivity contribution >= 4 is 11.7 Å². The number of hydrogen-bond donors (Lipinski definition) is 1. The molecule has 0 heterocycles. The van der Waals surface area contributed by atoms with Crippen molar-refractivity contribution in [2.24, 2.45) is 5.16 Å². The zero-order valence-electron chi connectivity index (χ0n) is 12.0. The number of aromatic carboxylic acids is 1. The molecule has 1 aromatic carbocycles. The fourth-order valence-electron chi connectivity index (χ4n) is 2.05. The molecule has 112 valence electrons. The topological polar surface area (TPSA) is 82.7 Å². The van der Waals surface area contributed by atoms with Crippen LogP contribution in [0.3, 0.4) is 0 Å². The number of carboxylic acids is 1. The molecule has 0 atom stereocenters. The van der Waals surface area contributed by atoms with Crippen LogP contribution in [0.1, 0.15) is 35.2 Å². The maximum Gasteiger partial charge on any atom is 0.335 e. The number of rotatable bonds is 6. The van der Waals surface area contributed by atoms with Crippen molar-refractivity contribution in [3.63, 3.8) is 0 Å². The molecule has 0 radical (unpaired) electrons. The van der Waals surface area contributed by atoms with E-state index in [1.54, 1.807) is 12.1 Å². The number of hydrogen-bond acceptors (Lipinski definition) is 4. The molecule has 22 heavy (non-hydrogen) atoms. The lowest BCUT2D eigenvalue weighted by Crippen LogP contribution is -2.05. The van der Waals surface area contributed by atoms with Gasteiger partial charge < -0.3 is 9.94 Å². The van der Waals surface area contributed by atoms with E-state index in [0.29, 0.717) is 17.9 Å². The average Bonchev–Trinajstić information content (AvgIpc) is 2.55. The molecule has 0 saturated heterocycles. The van der Waals surface area contributed by atoms with Crippen LogP contribution >= 0.6 is 0 Å². The Bertz CT molecular complexity index is 681. The van der Waals surface area contributed by atoms with Crippen LogP contribution in [0.5, 0.6) is 0 Å². The summed E-state index contributed by atoms with van der Waals surface area (Å²) in [4.78, 5) is 16.3. The van der Waals surface area contributed by atoms with Gasteiger partial charge in [-0.2, -0.15) is 5.26 Å². The summed E-state index contributed by atoms with van der Waals surface area (Å²) in [6.45, 7) is 0.337. The molecule has 0 amide bonds. The van der Waals surface area contributed by atoms with E-state index in [1.165, 1.54) is 12.1 Å². The smallest absolute Gasteiger partial charge is 0.335 e. The van der Waals surface area contributed by atoms with Crippen molar-refractivity contribution in [2.75, 3.05) is 6.61 Å². The fourth-order valence-corrected chi connectivity index (χ4v) is 2.05. The number of oxime groups is 1. The quantitative estimate of drug-likeness (QED) is 0.645. The first-order valence-electron chi connectivity index (χ1n) is 6.96. The van der Waals surface area contributed by atoms with Crippen molar-refractivity contribution in [1.82, 2.24) is 0 Å². The third kappa shape index (κ3) is 4.32. The first kappa shape index (κ1) is 15.5. The van der Waals surface area contributed by atoms with Crippen LogP contribution in [0.15, 0.2) is 53.2 Å². The minimum atomic E-state index is -1.02. The van der Waals surface area contributed by atoms with Crippen LogP contribution in [-0.4, -0.2) is 23.4 Å². The molecule has 0 spiro atoms. The highest BCUT2D eigenvalue weighted by atomic mass is 16.6. The maximum atomic E-state index is 11.0. The van der Waals surface area contributed by atoms with E-state index in [9.17, 15) is 4.79 Å². The van der Waals surface area contributed by atoms with Crippen LogP contribution in [0, 0.1) is 11.3 Å². The molecule has 5 nitrogen and oxygen atoms in total. The van der Waals surface area contributed by atoms with Gasteiger partial charge in [0, 0.05) is 5.56 Å². The number of carbonyl (C=O) groups is 1. The van der Waals surface area contributed by atoms with E-state index in [0.717, 1.165) is 18.4 Å². The number of nitriles is 1. The van der Waals surface area contributed by atoms with E-state index in [-0.39, 0.29) is 12.0 Å². The van der Waals surface area contributed by atoms with E-state index in [2.05, 4.69) is 17.3 Å². The van der Waals surface area contributed by atoms with Gasteiger partial charge in [-0.1, -0.05) is 35.5 Å². The second kappa shape index (κ2) is 7.79. The Morgan fingerprint density at radius 2 is 2.18 bits per heavy atom. The Labute approximate surface area is 128 Å². The molecule has 0 aromatic heterocycles. The van der Waals surface area contributed by atoms with Gasteiger partial charge in [-0.15, -0.1) is 0 Å². The predicted octanol–water partition coefficient (Wildman–Crippen LogP) is 3.30. The van der Waals surface area contributed by atoms with Gasteiger partial charge in [0.25, 0.3) is 0 Å². The van der Waals surface area contributed by atoms with E-state index in [1.807, 2.05) is 12.1 Å². The van der Waals surface area contributed by atoms with Gasteiger partial charge in [-0.3, -0.25) is 0 Å². The Balaban J connectivity index is 2.11. The minimum Gasteiger partial charge on any atom is -0.478 e. The van der Waals surface area contributed by atoms with Gasteiger partial charge in [0.1, 0.15) is 12.3 Å². The highest BCUT2D eigenvalue weighted by Crippen LogP contribution is 2.12. The first-order chi connectivity index (χ1) is 10.7. The number of benzene rings is 1. The fraction of sp³-hybridized carbons (Fsp3) is 0.235. The maximum absolute atomic E-state index is 11.0. The molecule has 0 saturated carbocycles. The Hall–Kier alpha value is -2.87. The summed E-state index contributed by atoms with van der Waals surface area (Å²) < 4.78 is 0. The molecular weight excluding hydrogens is 280 g/mol. The summed E-state index contributed by atoms with van der Waals surface area (Å²) in [6, 6.07) is 8.34. The zero-order chi connectivity index (χ0) is 15.8. The molecule has 0 bridgehead atoms. The zero-order valence-corrected chi connectivity index (χ0v) is 12.0. The highest BCUT2D eigenvalue weighted by molar-refractivity contribution is 6.03. The molecule has 1 aromatic rings. The summed E-state index contributed by atoms with van der Waals surface area (Å²) in [5.74, 6) is -1.02. The first-order valence-corrected chi connectivity index (χ1v) is 6.96. The average molecular weight is 296 g/mol. The number of carboxylic acid groups (broad SMARTS) is 1. The lowest BCUT2D eigenvalue weighted by atomic mass is 10.1. The van der Waals surface area contributed by atoms with Gasteiger partial charge in [0.05, 0.1) is 18.1 Å². The van der Waals surface area contributed by atoms with Gasteiger partial charge in [0.2, 0.25) is 0 Å². The van der Waals surface area contributed by atoms with Crippen molar-refractivity contribution in [2.45, 2.75) is 19.3 Å². The SMILES string of the molecule is N#CC/C(=N\OCC1=CCCC=C1)c1cccc(C(=O)O)c1. The highest BCUT2D eigenvalue weighted by Gasteiger charge is 2.09. The van der Waals surface area contributed by atoms with Gasteiger partial charge in [-0.25, -0.2) is 4.79 Å². The molecule has 1 N–H and O–H groups in total. The van der Waals surface area contributed by atoms with Crippen LogP contribution < -0.4 is 0 Å². The van der Waals surface area contributed by atoms with Crippen LogP contribution in [-0.2, 0) is 4.84 Å². The minimum absolute atomic E-state index is 0.0535. The summed E-state index contributed by atoms with van der Waals surface area (Å²) in [7, 11) is 0. The monoisotopic (exact) mass is 296 g/mol. The normalized spacial score (nSPS) is 14.1. The molecule has 0 unspecified atom stereocenters. The second-order valence-electron chi connectivity index (χ2n) is 4.79. The van der Waals surface area contributed by atoms with Crippen molar-refractivity contribution in [1.29, 1.82) is 5.26 Å². The second-order valence-corrected chi connectivity index (χ2v) is 4.79. The van der Waals surface area contributed by atoms with Gasteiger partial charge in [-0.05, 0) is 30.5 Å². The van der Waals surface area contributed by atoms with Crippen molar-refractivity contribution < 1.29 is 14.7 Å². The number of nitrogens with zero attached hydrogens (tertiary/aromatic N) is 2. The van der Waals surface area contributed by atoms with Crippen molar-refractivity contribution in [3.05, 3.63) is 59.2 Å². The third-order valence-corrected chi connectivity index (χ3v) is 3.17. The lowest BCUT2D eigenvalue weighted by molar-refractivity contribution is 0.0697. The largest absolute Gasteiger partial charge is 0.478 e. The molecule has 1 aliphatic rings. The van der Waals surface area contributed by atoms with E-state index in [4.69, 9.17) is 15.2 Å². The Morgan fingerprint density at radius 1 is 1.36 bits per heavy atom. The Kier molecular flexibility index (Phi) is 5.50. The third-order valence-electron chi connectivity index (χ3n) is 3.17. The van der Waals surface area contributed by atoms with Crippen molar-refractivity contribution in [3.8, 4) is 6.07 Å². The summed E-state index contributed by atoms with van der Waals surface area (Å²) >= 11 is 0. The number of allylic oxidation sites excluding steroid dienone is 2. The van der Waals surface area contributed by atoms with Crippen LogP contribution in [0.4, 0.5) is 0 Å². The molecule has 5 heteroatoms. The van der Waals surface area contributed by atoms with Gasteiger partial charge >= 0.3 is 5.97 Å². The Morgan fingerprint density at radius 3 is 2.86 bits per heavy atom. The van der Waals surface area contributed by atoms with Crippen LogP contribution in [0.25, 0.3) is 0 Å². The van der Waals surface area contributed by atoms with Gasteiger partial charge in [0.15, 0.2) is 0 Å². The van der Waals surface area contributed by atoms with Crippen LogP contribution in [0.2, 0.25) is 0 Å².